The predicted molar refractivity (Wildman–Crippen MR) is 98.0 cm³/mol. The minimum absolute atomic E-state index is 0.213. The molecule has 128 valence electrons. The van der Waals surface area contributed by atoms with Crippen molar-refractivity contribution in [1.29, 1.82) is 0 Å². The van der Waals surface area contributed by atoms with Crippen molar-refractivity contribution in [3.05, 3.63) is 60.4 Å². The molecular formula is C18H14N6O2. The van der Waals surface area contributed by atoms with E-state index in [1.807, 2.05) is 12.3 Å². The van der Waals surface area contributed by atoms with Crippen LogP contribution in [0.1, 0.15) is 11.3 Å². The second-order valence-corrected chi connectivity index (χ2v) is 5.73. The number of aromatic amines is 1. The molecule has 0 bridgehead atoms. The van der Waals surface area contributed by atoms with Gasteiger partial charge in [-0.2, -0.15) is 0 Å². The summed E-state index contributed by atoms with van der Waals surface area (Å²) in [6.07, 6.45) is 8.47. The molecule has 1 aliphatic rings. The zero-order valence-corrected chi connectivity index (χ0v) is 13.5. The standard InChI is InChI=1S/C18H14N6O2/c19-18(26)23-12-1-2-16-14(4-12)15(17(25)24-16)5-13-3-10(8-22-13)11-6-20-9-21-7-11/h1-9,22H,(H,24,25)(H3,19,23,26)/b15-5-. The Labute approximate surface area is 148 Å². The fourth-order valence-electron chi connectivity index (χ4n) is 2.82. The van der Waals surface area contributed by atoms with Gasteiger partial charge in [0.05, 0.1) is 5.57 Å². The van der Waals surface area contributed by atoms with Gasteiger partial charge in [0.1, 0.15) is 6.33 Å². The largest absolute Gasteiger partial charge is 0.361 e. The average molecular weight is 346 g/mol. The molecule has 1 aromatic carbocycles. The summed E-state index contributed by atoms with van der Waals surface area (Å²) in [4.78, 5) is 34.5. The van der Waals surface area contributed by atoms with E-state index < -0.39 is 6.03 Å². The van der Waals surface area contributed by atoms with Crippen LogP contribution < -0.4 is 16.4 Å². The first-order valence-electron chi connectivity index (χ1n) is 7.78. The normalized spacial score (nSPS) is 14.2. The smallest absolute Gasteiger partial charge is 0.316 e. The van der Waals surface area contributed by atoms with Crippen molar-refractivity contribution in [3.8, 4) is 11.1 Å². The zero-order chi connectivity index (χ0) is 18.1. The minimum atomic E-state index is -0.660. The van der Waals surface area contributed by atoms with E-state index in [4.69, 9.17) is 5.73 Å². The molecule has 8 nitrogen and oxygen atoms in total. The summed E-state index contributed by atoms with van der Waals surface area (Å²) in [5, 5.41) is 5.31. The van der Waals surface area contributed by atoms with Gasteiger partial charge in [0.2, 0.25) is 0 Å². The molecule has 3 aromatic rings. The molecule has 3 heterocycles. The van der Waals surface area contributed by atoms with E-state index in [2.05, 4.69) is 25.6 Å². The number of primary amides is 1. The fraction of sp³-hybridized carbons (Fsp3) is 0. The number of amides is 3. The molecule has 26 heavy (non-hydrogen) atoms. The number of carbonyl (C=O) groups excluding carboxylic acids is 2. The average Bonchev–Trinajstić information content (AvgIpc) is 3.21. The van der Waals surface area contributed by atoms with Crippen LogP contribution in [-0.4, -0.2) is 26.9 Å². The first-order chi connectivity index (χ1) is 12.6. The highest BCUT2D eigenvalue weighted by molar-refractivity contribution is 6.35. The number of nitrogens with zero attached hydrogens (tertiary/aromatic N) is 2. The Hall–Kier alpha value is -3.94. The summed E-state index contributed by atoms with van der Waals surface area (Å²) in [6.45, 7) is 0. The second-order valence-electron chi connectivity index (χ2n) is 5.73. The lowest BCUT2D eigenvalue weighted by Crippen LogP contribution is -2.19. The fourth-order valence-corrected chi connectivity index (χ4v) is 2.82. The van der Waals surface area contributed by atoms with Crippen LogP contribution in [0.25, 0.3) is 22.8 Å². The van der Waals surface area contributed by atoms with Crippen molar-refractivity contribution < 1.29 is 9.59 Å². The van der Waals surface area contributed by atoms with E-state index in [-0.39, 0.29) is 5.91 Å². The Balaban J connectivity index is 1.69. The van der Waals surface area contributed by atoms with Crippen molar-refractivity contribution >= 4 is 35.0 Å². The highest BCUT2D eigenvalue weighted by Gasteiger charge is 2.24. The number of carbonyl (C=O) groups is 2. The third-order valence-electron chi connectivity index (χ3n) is 3.97. The maximum atomic E-state index is 12.3. The van der Waals surface area contributed by atoms with Crippen LogP contribution in [0.2, 0.25) is 0 Å². The molecule has 5 N–H and O–H groups in total. The summed E-state index contributed by atoms with van der Waals surface area (Å²) < 4.78 is 0. The monoisotopic (exact) mass is 346 g/mol. The number of hydrogen-bond donors (Lipinski definition) is 4. The third-order valence-corrected chi connectivity index (χ3v) is 3.97. The molecule has 8 heteroatoms. The van der Waals surface area contributed by atoms with Crippen LogP contribution in [0.3, 0.4) is 0 Å². The van der Waals surface area contributed by atoms with E-state index in [9.17, 15) is 9.59 Å². The molecular weight excluding hydrogens is 332 g/mol. The van der Waals surface area contributed by atoms with Crippen molar-refractivity contribution in [2.75, 3.05) is 10.6 Å². The van der Waals surface area contributed by atoms with Gasteiger partial charge in [-0.05, 0) is 30.3 Å². The lowest BCUT2D eigenvalue weighted by molar-refractivity contribution is -0.110. The molecule has 3 amide bonds. The quantitative estimate of drug-likeness (QED) is 0.543. The highest BCUT2D eigenvalue weighted by Crippen LogP contribution is 2.35. The molecule has 0 fully saturated rings. The van der Waals surface area contributed by atoms with Crippen LogP contribution in [-0.2, 0) is 4.79 Å². The van der Waals surface area contributed by atoms with Crippen molar-refractivity contribution in [3.63, 3.8) is 0 Å². The summed E-state index contributed by atoms with van der Waals surface area (Å²) in [6, 6.07) is 6.35. The SMILES string of the molecule is NC(=O)Nc1ccc2c(c1)/C(=C/c1cc(-c3cncnc3)c[nH]1)C(=O)N2. The number of nitrogens with one attached hydrogen (secondary N) is 3. The van der Waals surface area contributed by atoms with Gasteiger partial charge < -0.3 is 21.4 Å². The molecule has 0 unspecified atom stereocenters. The Kier molecular flexibility index (Phi) is 3.70. The summed E-state index contributed by atoms with van der Waals surface area (Å²) >= 11 is 0. The molecule has 0 saturated heterocycles. The summed E-state index contributed by atoms with van der Waals surface area (Å²) in [5.41, 5.74) is 10.1. The van der Waals surface area contributed by atoms with E-state index in [1.165, 1.54) is 6.33 Å². The Morgan fingerprint density at radius 3 is 2.73 bits per heavy atom. The van der Waals surface area contributed by atoms with Gasteiger partial charge in [-0.15, -0.1) is 0 Å². The third kappa shape index (κ3) is 2.91. The first-order valence-corrected chi connectivity index (χ1v) is 7.78. The van der Waals surface area contributed by atoms with Crippen LogP contribution in [0.4, 0.5) is 16.2 Å². The molecule has 0 atom stereocenters. The zero-order valence-electron chi connectivity index (χ0n) is 13.5. The number of rotatable bonds is 3. The summed E-state index contributed by atoms with van der Waals surface area (Å²) in [7, 11) is 0. The molecule has 0 saturated carbocycles. The van der Waals surface area contributed by atoms with E-state index >= 15 is 0 Å². The number of benzene rings is 1. The highest BCUT2D eigenvalue weighted by atomic mass is 16.2. The number of hydrogen-bond acceptors (Lipinski definition) is 4. The van der Waals surface area contributed by atoms with Crippen molar-refractivity contribution in [2.45, 2.75) is 0 Å². The van der Waals surface area contributed by atoms with Crippen molar-refractivity contribution in [2.24, 2.45) is 5.73 Å². The van der Waals surface area contributed by atoms with Crippen LogP contribution in [0, 0.1) is 0 Å². The number of H-pyrrole nitrogens is 1. The molecule has 2 aromatic heterocycles. The number of anilines is 2. The van der Waals surface area contributed by atoms with E-state index in [0.717, 1.165) is 16.8 Å². The number of fused-ring (bicyclic) bond motifs is 1. The predicted octanol–water partition coefficient (Wildman–Crippen LogP) is 2.45. The number of urea groups is 1. The van der Waals surface area contributed by atoms with Crippen LogP contribution >= 0.6 is 0 Å². The molecule has 0 aliphatic carbocycles. The Bertz CT molecular complexity index is 1040. The minimum Gasteiger partial charge on any atom is -0.361 e. The Morgan fingerprint density at radius 2 is 1.96 bits per heavy atom. The summed E-state index contributed by atoms with van der Waals surface area (Å²) in [5.74, 6) is -0.213. The Morgan fingerprint density at radius 1 is 1.15 bits per heavy atom. The number of nitrogens with two attached hydrogens (primary N) is 1. The van der Waals surface area contributed by atoms with Gasteiger partial charge in [0.25, 0.3) is 5.91 Å². The topological polar surface area (TPSA) is 126 Å². The van der Waals surface area contributed by atoms with Gasteiger partial charge in [0.15, 0.2) is 0 Å². The van der Waals surface area contributed by atoms with Gasteiger partial charge in [-0.3, -0.25) is 4.79 Å². The van der Waals surface area contributed by atoms with Gasteiger partial charge in [-0.25, -0.2) is 14.8 Å². The first kappa shape index (κ1) is 15.6. The lowest BCUT2D eigenvalue weighted by atomic mass is 10.0. The molecule has 0 spiro atoms. The van der Waals surface area contributed by atoms with Crippen LogP contribution in [0.5, 0.6) is 0 Å². The molecule has 0 radical (unpaired) electrons. The van der Waals surface area contributed by atoms with Gasteiger partial charge in [-0.1, -0.05) is 0 Å². The molecule has 1 aliphatic heterocycles. The molecule has 4 rings (SSSR count). The van der Waals surface area contributed by atoms with E-state index in [0.29, 0.717) is 22.5 Å². The second kappa shape index (κ2) is 6.17. The van der Waals surface area contributed by atoms with Crippen LogP contribution in [0.15, 0.2) is 49.2 Å². The van der Waals surface area contributed by atoms with E-state index in [1.54, 1.807) is 36.7 Å². The van der Waals surface area contributed by atoms with Gasteiger partial charge in [0, 0.05) is 52.3 Å². The maximum Gasteiger partial charge on any atom is 0.316 e. The van der Waals surface area contributed by atoms with Gasteiger partial charge >= 0.3 is 6.03 Å². The van der Waals surface area contributed by atoms with Crippen molar-refractivity contribution in [1.82, 2.24) is 15.0 Å². The maximum absolute atomic E-state index is 12.3. The number of aromatic nitrogens is 3. The lowest BCUT2D eigenvalue weighted by Gasteiger charge is -2.04.